The number of ether oxygens (including phenoxy) is 3. The second kappa shape index (κ2) is 21.6. The van der Waals surface area contributed by atoms with Crippen molar-refractivity contribution in [1.82, 2.24) is 9.80 Å². The minimum absolute atomic E-state index is 0.0789. The average Bonchev–Trinajstić information content (AvgIpc) is 3.93. The maximum atomic E-state index is 13.0. The normalized spacial score (nSPS) is 18.0. The summed E-state index contributed by atoms with van der Waals surface area (Å²) in [6.45, 7) is 11.3. The number of piperidine rings is 2. The predicted octanol–water partition coefficient (Wildman–Crippen LogP) is 11.7. The molecule has 4 aromatic carbocycles. The molecule has 314 valence electrons. The molecule has 5 nitrogen and oxygen atoms in total. The Morgan fingerprint density at radius 3 is 1.52 bits per heavy atom. The molecule has 2 saturated heterocycles. The van der Waals surface area contributed by atoms with Crippen LogP contribution in [0.25, 0.3) is 6.08 Å². The van der Waals surface area contributed by atoms with Gasteiger partial charge in [-0.1, -0.05) is 96.6 Å². The van der Waals surface area contributed by atoms with E-state index in [9.17, 15) is 26.3 Å². The van der Waals surface area contributed by atoms with Crippen LogP contribution < -0.4 is 9.47 Å². The number of para-hydroxylation sites is 2. The largest absolute Gasteiger partial charge is 0.492 e. The Bertz CT molecular complexity index is 1810. The lowest BCUT2D eigenvalue weighted by atomic mass is 9.89. The molecular weight excluding hydrogens is 755 g/mol. The van der Waals surface area contributed by atoms with Gasteiger partial charge in [-0.2, -0.15) is 26.3 Å². The standard InChI is InChI=1S/C22H24F3NO.C21H22F3NO.C4H10O/c23-22(24,25)18-8-4-5-9-20(18)27-15-14-26-12-10-21(11-13-26)16-19(21)17-6-2-1-3-7-17;22-21(23,24)19-8-4-5-9-20(19)26-15-14-25-12-10-18(11-13-25)16-17-6-2-1-3-7-17;1-3-5-4-2/h1-9,19H,10-16H2;1-9,16H,10-15H2;3-4H2,1-2H3. The van der Waals surface area contributed by atoms with Gasteiger partial charge in [0.25, 0.3) is 0 Å². The highest BCUT2D eigenvalue weighted by Crippen LogP contribution is 2.64. The lowest BCUT2D eigenvalue weighted by molar-refractivity contribution is -0.139. The summed E-state index contributed by atoms with van der Waals surface area (Å²) in [6, 6.07) is 31.7. The van der Waals surface area contributed by atoms with Crippen molar-refractivity contribution in [3.63, 3.8) is 0 Å². The van der Waals surface area contributed by atoms with E-state index in [1.807, 2.05) is 32.0 Å². The summed E-state index contributed by atoms with van der Waals surface area (Å²) in [7, 11) is 0. The molecule has 11 heteroatoms. The van der Waals surface area contributed by atoms with Crippen LogP contribution >= 0.6 is 0 Å². The van der Waals surface area contributed by atoms with Gasteiger partial charge in [-0.15, -0.1) is 0 Å². The molecule has 0 bridgehead atoms. The van der Waals surface area contributed by atoms with E-state index in [0.717, 1.165) is 77.2 Å². The van der Waals surface area contributed by atoms with Crippen LogP contribution in [0.1, 0.15) is 74.1 Å². The molecule has 7 rings (SSSR count). The van der Waals surface area contributed by atoms with Crippen molar-refractivity contribution in [1.29, 1.82) is 0 Å². The van der Waals surface area contributed by atoms with Gasteiger partial charge in [0.1, 0.15) is 24.7 Å². The van der Waals surface area contributed by atoms with Crippen LogP contribution in [0.5, 0.6) is 11.5 Å². The van der Waals surface area contributed by atoms with Crippen molar-refractivity contribution in [2.75, 3.05) is 65.7 Å². The SMILES string of the molecule is CCOCC.FC(F)(F)c1ccccc1OCCN1CCC(=Cc2ccccc2)CC1.FC(F)(F)c1ccccc1OCCN1CCC2(CC1)CC2c1ccccc1. The zero-order valence-corrected chi connectivity index (χ0v) is 33.5. The molecule has 1 saturated carbocycles. The maximum Gasteiger partial charge on any atom is 0.419 e. The Morgan fingerprint density at radius 2 is 1.05 bits per heavy atom. The molecule has 0 aromatic heterocycles. The highest BCUT2D eigenvalue weighted by molar-refractivity contribution is 5.53. The summed E-state index contributed by atoms with van der Waals surface area (Å²) < 4.78 is 93.6. The van der Waals surface area contributed by atoms with E-state index in [4.69, 9.17) is 14.2 Å². The highest BCUT2D eigenvalue weighted by atomic mass is 19.4. The van der Waals surface area contributed by atoms with Crippen molar-refractivity contribution in [3.05, 3.63) is 137 Å². The summed E-state index contributed by atoms with van der Waals surface area (Å²) >= 11 is 0. The minimum Gasteiger partial charge on any atom is -0.492 e. The Kier molecular flexibility index (Phi) is 16.7. The molecule has 1 atom stereocenters. The minimum atomic E-state index is -4.39. The van der Waals surface area contributed by atoms with Gasteiger partial charge in [0, 0.05) is 39.4 Å². The molecule has 0 N–H and O–H groups in total. The molecule has 4 aromatic rings. The van der Waals surface area contributed by atoms with Crippen molar-refractivity contribution < 1.29 is 40.6 Å². The number of rotatable bonds is 12. The third kappa shape index (κ3) is 13.6. The van der Waals surface area contributed by atoms with E-state index >= 15 is 0 Å². The number of halogens is 6. The number of hydrogen-bond donors (Lipinski definition) is 0. The summed E-state index contributed by atoms with van der Waals surface area (Å²) in [5, 5.41) is 0. The number of alkyl halides is 6. The van der Waals surface area contributed by atoms with Crippen molar-refractivity contribution >= 4 is 6.08 Å². The average molecular weight is 811 g/mol. The zero-order valence-electron chi connectivity index (χ0n) is 33.5. The van der Waals surface area contributed by atoms with Gasteiger partial charge in [0.2, 0.25) is 0 Å². The maximum absolute atomic E-state index is 13.0. The van der Waals surface area contributed by atoms with E-state index in [0.29, 0.717) is 24.4 Å². The molecule has 0 amide bonds. The van der Waals surface area contributed by atoms with Crippen LogP contribution in [-0.4, -0.2) is 75.5 Å². The second-order valence-electron chi connectivity index (χ2n) is 14.9. The molecular formula is C47H56F6N2O3. The lowest BCUT2D eigenvalue weighted by Crippen LogP contribution is -2.37. The van der Waals surface area contributed by atoms with E-state index in [1.165, 1.54) is 47.4 Å². The number of likely N-dealkylation sites (tertiary alicyclic amines) is 2. The summed E-state index contributed by atoms with van der Waals surface area (Å²) in [6.07, 6.45) is -1.00. The first-order valence-electron chi connectivity index (χ1n) is 20.3. The van der Waals surface area contributed by atoms with Gasteiger partial charge in [-0.25, -0.2) is 0 Å². The number of hydrogen-bond acceptors (Lipinski definition) is 5. The molecule has 0 radical (unpaired) electrons. The van der Waals surface area contributed by atoms with E-state index in [2.05, 4.69) is 58.3 Å². The van der Waals surface area contributed by atoms with Crippen LogP contribution in [0.4, 0.5) is 26.3 Å². The molecule has 3 aliphatic rings. The fourth-order valence-electron chi connectivity index (χ4n) is 7.70. The summed E-state index contributed by atoms with van der Waals surface area (Å²) in [5.41, 5.74) is 3.09. The van der Waals surface area contributed by atoms with Crippen molar-refractivity contribution in [2.24, 2.45) is 5.41 Å². The molecule has 1 aliphatic carbocycles. The van der Waals surface area contributed by atoms with Gasteiger partial charge >= 0.3 is 12.4 Å². The quantitative estimate of drug-likeness (QED) is 0.133. The Hall–Kier alpha value is -4.32. The molecule has 1 spiro atoms. The highest BCUT2D eigenvalue weighted by Gasteiger charge is 2.55. The van der Waals surface area contributed by atoms with Crippen LogP contribution in [-0.2, 0) is 17.1 Å². The zero-order chi connectivity index (χ0) is 41.4. The fraction of sp³-hybridized carbons (Fsp3) is 0.447. The van der Waals surface area contributed by atoms with Crippen LogP contribution in [0.15, 0.2) is 115 Å². The fourth-order valence-corrected chi connectivity index (χ4v) is 7.70. The number of nitrogens with zero attached hydrogens (tertiary/aromatic N) is 2. The Balaban J connectivity index is 0.000000198. The van der Waals surface area contributed by atoms with E-state index in [-0.39, 0.29) is 24.7 Å². The van der Waals surface area contributed by atoms with E-state index < -0.39 is 23.5 Å². The van der Waals surface area contributed by atoms with Crippen LogP contribution in [0.2, 0.25) is 0 Å². The summed E-state index contributed by atoms with van der Waals surface area (Å²) in [5.74, 6) is 0.502. The van der Waals surface area contributed by atoms with Crippen LogP contribution in [0.3, 0.4) is 0 Å². The van der Waals surface area contributed by atoms with Gasteiger partial charge in [-0.3, -0.25) is 9.80 Å². The van der Waals surface area contributed by atoms with Crippen molar-refractivity contribution in [2.45, 2.75) is 64.2 Å². The van der Waals surface area contributed by atoms with Crippen LogP contribution in [0, 0.1) is 5.41 Å². The topological polar surface area (TPSA) is 34.2 Å². The molecule has 2 heterocycles. The predicted molar refractivity (Wildman–Crippen MR) is 218 cm³/mol. The lowest BCUT2D eigenvalue weighted by Gasteiger charge is -2.33. The third-order valence-corrected chi connectivity index (χ3v) is 11.0. The molecule has 58 heavy (non-hydrogen) atoms. The first-order chi connectivity index (χ1) is 27.9. The monoisotopic (exact) mass is 810 g/mol. The first kappa shape index (κ1) is 44.8. The van der Waals surface area contributed by atoms with Gasteiger partial charge in [0.05, 0.1) is 11.1 Å². The third-order valence-electron chi connectivity index (χ3n) is 11.0. The van der Waals surface area contributed by atoms with E-state index in [1.54, 1.807) is 12.1 Å². The molecule has 3 fully saturated rings. The molecule has 1 unspecified atom stereocenters. The van der Waals surface area contributed by atoms with Gasteiger partial charge in [-0.05, 0) is 106 Å². The second-order valence-corrected chi connectivity index (χ2v) is 14.9. The van der Waals surface area contributed by atoms with Gasteiger partial charge in [0.15, 0.2) is 0 Å². The smallest absolute Gasteiger partial charge is 0.419 e. The first-order valence-corrected chi connectivity index (χ1v) is 20.3. The number of benzene rings is 4. The van der Waals surface area contributed by atoms with Gasteiger partial charge < -0.3 is 14.2 Å². The summed E-state index contributed by atoms with van der Waals surface area (Å²) in [4.78, 5) is 4.54. The molecule has 2 aliphatic heterocycles. The Morgan fingerprint density at radius 1 is 0.603 bits per heavy atom. The Labute approximate surface area is 339 Å². The van der Waals surface area contributed by atoms with Crippen molar-refractivity contribution in [3.8, 4) is 11.5 Å².